The third-order valence-electron chi connectivity index (χ3n) is 6.30. The molecule has 2 heterocycles. The Morgan fingerprint density at radius 3 is 2.78 bits per heavy atom. The van der Waals surface area contributed by atoms with E-state index in [0.29, 0.717) is 12.6 Å². The maximum absolute atomic E-state index is 10.8. The van der Waals surface area contributed by atoms with Crippen LogP contribution in [-0.2, 0) is 13.0 Å². The summed E-state index contributed by atoms with van der Waals surface area (Å²) in [6.07, 6.45) is 3.16. The van der Waals surface area contributed by atoms with Gasteiger partial charge in [0.2, 0.25) is 0 Å². The maximum Gasteiger partial charge on any atom is 0.0917 e. The normalized spacial score (nSPS) is 20.6. The maximum atomic E-state index is 10.8. The summed E-state index contributed by atoms with van der Waals surface area (Å²) in [4.78, 5) is 2.51. The number of aliphatic hydroxyl groups is 1. The van der Waals surface area contributed by atoms with E-state index in [9.17, 15) is 5.11 Å². The van der Waals surface area contributed by atoms with Crippen molar-refractivity contribution in [1.29, 1.82) is 0 Å². The van der Waals surface area contributed by atoms with E-state index in [0.717, 1.165) is 23.1 Å². The molecule has 3 nitrogen and oxygen atoms in total. The highest BCUT2D eigenvalue weighted by atomic mass is 79.9. The summed E-state index contributed by atoms with van der Waals surface area (Å²) in [6.45, 7) is 4.90. The summed E-state index contributed by atoms with van der Waals surface area (Å²) < 4.78 is 3.60. The highest BCUT2D eigenvalue weighted by molar-refractivity contribution is 9.10. The van der Waals surface area contributed by atoms with Crippen molar-refractivity contribution in [3.8, 4) is 0 Å². The van der Waals surface area contributed by atoms with Crippen LogP contribution in [0.2, 0.25) is 0 Å². The molecule has 140 valence electrons. The molecule has 0 amide bonds. The molecule has 1 aliphatic carbocycles. The predicted molar refractivity (Wildman–Crippen MR) is 113 cm³/mol. The highest BCUT2D eigenvalue weighted by Crippen LogP contribution is 2.43. The van der Waals surface area contributed by atoms with Gasteiger partial charge in [0.25, 0.3) is 0 Å². The standard InChI is InChI=1S/C23H25BrN2O/c1-15-5-10-20-19(13-15)18-3-2-4-21-23(18)26(20)12-11-25(21)14-22(27)16-6-8-17(24)9-7-16/h5-10,13,21-22,27H,2-4,11-12,14H2,1H3/t21-,22-/m0/s1. The van der Waals surface area contributed by atoms with E-state index in [1.165, 1.54) is 41.4 Å². The van der Waals surface area contributed by atoms with Gasteiger partial charge in [0.15, 0.2) is 0 Å². The van der Waals surface area contributed by atoms with Gasteiger partial charge in [0.1, 0.15) is 0 Å². The zero-order valence-corrected chi connectivity index (χ0v) is 17.2. The van der Waals surface area contributed by atoms with E-state index < -0.39 is 6.10 Å². The number of benzene rings is 2. The molecule has 0 saturated carbocycles. The van der Waals surface area contributed by atoms with E-state index in [-0.39, 0.29) is 0 Å². The summed E-state index contributed by atoms with van der Waals surface area (Å²) >= 11 is 3.47. The van der Waals surface area contributed by atoms with Crippen molar-refractivity contribution in [2.75, 3.05) is 13.1 Å². The van der Waals surface area contributed by atoms with E-state index in [1.807, 2.05) is 24.3 Å². The topological polar surface area (TPSA) is 28.4 Å². The second-order valence-electron chi connectivity index (χ2n) is 8.01. The number of nitrogens with zero attached hydrogens (tertiary/aromatic N) is 2. The molecular weight excluding hydrogens is 400 g/mol. The molecule has 0 fully saturated rings. The Labute approximate surface area is 168 Å². The Bertz CT molecular complexity index is 992. The molecular formula is C23H25BrN2O. The third-order valence-corrected chi connectivity index (χ3v) is 6.83. The minimum atomic E-state index is -0.443. The number of aromatic nitrogens is 1. The molecule has 3 aromatic rings. The van der Waals surface area contributed by atoms with Crippen LogP contribution < -0.4 is 0 Å². The van der Waals surface area contributed by atoms with Gasteiger partial charge in [-0.15, -0.1) is 0 Å². The van der Waals surface area contributed by atoms with E-state index in [4.69, 9.17) is 0 Å². The van der Waals surface area contributed by atoms with Crippen LogP contribution in [0.4, 0.5) is 0 Å². The molecule has 2 aliphatic rings. The first kappa shape index (κ1) is 17.5. The Kier molecular flexibility index (Phi) is 4.38. The number of hydrogen-bond donors (Lipinski definition) is 1. The zero-order valence-electron chi connectivity index (χ0n) is 15.7. The van der Waals surface area contributed by atoms with Crippen molar-refractivity contribution in [1.82, 2.24) is 9.47 Å². The Morgan fingerprint density at radius 2 is 1.96 bits per heavy atom. The van der Waals surface area contributed by atoms with Crippen LogP contribution in [0.25, 0.3) is 10.9 Å². The van der Waals surface area contributed by atoms with Gasteiger partial charge in [0.05, 0.1) is 12.1 Å². The fraction of sp³-hybridized carbons (Fsp3) is 0.391. The SMILES string of the molecule is Cc1ccc2c(c1)c1c3n2CCN(C[C@H](O)c2ccc(Br)cc2)[C@H]3CCC1. The molecule has 2 atom stereocenters. The minimum absolute atomic E-state index is 0.431. The van der Waals surface area contributed by atoms with Gasteiger partial charge in [-0.25, -0.2) is 0 Å². The molecule has 1 aliphatic heterocycles. The molecule has 4 heteroatoms. The second kappa shape index (κ2) is 6.77. The van der Waals surface area contributed by atoms with Crippen LogP contribution in [-0.4, -0.2) is 27.7 Å². The monoisotopic (exact) mass is 424 g/mol. The van der Waals surface area contributed by atoms with Crippen LogP contribution in [0.1, 0.15) is 47.4 Å². The highest BCUT2D eigenvalue weighted by Gasteiger charge is 2.35. The average molecular weight is 425 g/mol. The van der Waals surface area contributed by atoms with Crippen molar-refractivity contribution in [3.05, 3.63) is 69.3 Å². The molecule has 5 rings (SSSR count). The average Bonchev–Trinajstić information content (AvgIpc) is 2.99. The molecule has 0 radical (unpaired) electrons. The molecule has 27 heavy (non-hydrogen) atoms. The second-order valence-corrected chi connectivity index (χ2v) is 8.92. The minimum Gasteiger partial charge on any atom is -0.387 e. The van der Waals surface area contributed by atoms with Gasteiger partial charge in [-0.05, 0) is 61.6 Å². The number of aliphatic hydroxyl groups excluding tert-OH is 1. The molecule has 0 bridgehead atoms. The van der Waals surface area contributed by atoms with Crippen LogP contribution >= 0.6 is 15.9 Å². The van der Waals surface area contributed by atoms with Crippen molar-refractivity contribution in [3.63, 3.8) is 0 Å². The number of hydrogen-bond acceptors (Lipinski definition) is 2. The van der Waals surface area contributed by atoms with Crippen LogP contribution in [0.5, 0.6) is 0 Å². The molecule has 0 unspecified atom stereocenters. The summed E-state index contributed by atoms with van der Waals surface area (Å²) in [7, 11) is 0. The van der Waals surface area contributed by atoms with Crippen LogP contribution in [0.15, 0.2) is 46.9 Å². The molecule has 1 N–H and O–H groups in total. The smallest absolute Gasteiger partial charge is 0.0917 e. The lowest BCUT2D eigenvalue weighted by atomic mass is 9.89. The van der Waals surface area contributed by atoms with E-state index >= 15 is 0 Å². The molecule has 0 spiro atoms. The van der Waals surface area contributed by atoms with Gasteiger partial charge in [-0.2, -0.15) is 0 Å². The Morgan fingerprint density at radius 1 is 1.15 bits per heavy atom. The van der Waals surface area contributed by atoms with Gasteiger partial charge < -0.3 is 9.67 Å². The first-order valence-corrected chi connectivity index (χ1v) is 10.7. The lowest BCUT2D eigenvalue weighted by molar-refractivity contribution is 0.0639. The predicted octanol–water partition coefficient (Wildman–Crippen LogP) is 5.14. The zero-order chi connectivity index (χ0) is 18.5. The molecule has 0 saturated heterocycles. The van der Waals surface area contributed by atoms with Gasteiger partial charge in [-0.3, -0.25) is 4.90 Å². The first-order valence-electron chi connectivity index (χ1n) is 9.91. The number of rotatable bonds is 3. The van der Waals surface area contributed by atoms with Gasteiger partial charge in [-0.1, -0.05) is 39.7 Å². The summed E-state index contributed by atoms with van der Waals surface area (Å²) in [5.41, 5.74) is 6.79. The fourth-order valence-corrected chi connectivity index (χ4v) is 5.29. The van der Waals surface area contributed by atoms with E-state index in [1.54, 1.807) is 5.56 Å². The first-order chi connectivity index (χ1) is 13.1. The van der Waals surface area contributed by atoms with Crippen molar-refractivity contribution in [2.24, 2.45) is 0 Å². The fourth-order valence-electron chi connectivity index (χ4n) is 5.02. The van der Waals surface area contributed by atoms with Crippen molar-refractivity contribution in [2.45, 2.75) is 44.9 Å². The van der Waals surface area contributed by atoms with Crippen LogP contribution in [0, 0.1) is 6.92 Å². The van der Waals surface area contributed by atoms with Crippen molar-refractivity contribution >= 4 is 26.8 Å². The van der Waals surface area contributed by atoms with Gasteiger partial charge >= 0.3 is 0 Å². The number of fused-ring (bicyclic) bond motifs is 3. The quantitative estimate of drug-likeness (QED) is 0.630. The third kappa shape index (κ3) is 2.95. The largest absolute Gasteiger partial charge is 0.387 e. The summed E-state index contributed by atoms with van der Waals surface area (Å²) in [5, 5.41) is 12.3. The van der Waals surface area contributed by atoms with E-state index in [2.05, 4.69) is 50.5 Å². The summed E-state index contributed by atoms with van der Waals surface area (Å²) in [5.74, 6) is 0. The Hall–Kier alpha value is -1.62. The number of halogens is 1. The lowest BCUT2D eigenvalue weighted by Gasteiger charge is -2.40. The van der Waals surface area contributed by atoms with Crippen molar-refractivity contribution < 1.29 is 5.11 Å². The van der Waals surface area contributed by atoms with Crippen LogP contribution in [0.3, 0.4) is 0 Å². The summed E-state index contributed by atoms with van der Waals surface area (Å²) in [6, 6.07) is 15.4. The lowest BCUT2D eigenvalue weighted by Crippen LogP contribution is -2.41. The van der Waals surface area contributed by atoms with Gasteiger partial charge in [0, 0.05) is 40.7 Å². The number of β-amino-alcohol motifs (C(OH)–C–C–N with tert-alkyl or cyclic N) is 1. The molecule has 1 aromatic heterocycles. The number of aryl methyl sites for hydroxylation is 2. The Balaban J connectivity index is 1.49. The molecule has 2 aromatic carbocycles.